The molecule has 8 rings (SSSR count). The molecule has 2 heterocycles. The summed E-state index contributed by atoms with van der Waals surface area (Å²) in [7, 11) is 1.63. The molecule has 0 bridgehead atoms. The number of nitrogens with zero attached hydrogens (tertiary/aromatic N) is 2. The van der Waals surface area contributed by atoms with Crippen molar-refractivity contribution in [1.82, 2.24) is 5.32 Å². The molecule has 0 radical (unpaired) electrons. The minimum Gasteiger partial charge on any atom is -0.508 e. The second-order valence-corrected chi connectivity index (χ2v) is 21.4. The molecular weight excluding hydrogens is 793 g/mol. The quantitative estimate of drug-likeness (QED) is 0.147. The van der Waals surface area contributed by atoms with E-state index in [2.05, 4.69) is 76.8 Å². The molecule has 11 heteroatoms. The number of rotatable bonds is 7. The van der Waals surface area contributed by atoms with Gasteiger partial charge in [-0.1, -0.05) is 80.4 Å². The van der Waals surface area contributed by atoms with Crippen molar-refractivity contribution in [2.24, 2.45) is 72.9 Å². The number of phenols is 4. The van der Waals surface area contributed by atoms with Gasteiger partial charge in [-0.3, -0.25) is 14.6 Å². The van der Waals surface area contributed by atoms with Gasteiger partial charge in [-0.25, -0.2) is 4.99 Å². The number of benzene rings is 2. The Morgan fingerprint density at radius 1 is 0.683 bits per heavy atom. The lowest BCUT2D eigenvalue weighted by atomic mass is 9.45. The van der Waals surface area contributed by atoms with E-state index in [0.717, 1.165) is 69.5 Å². The summed E-state index contributed by atoms with van der Waals surface area (Å²) in [6.45, 7) is 18.9. The largest absolute Gasteiger partial charge is 0.508 e. The van der Waals surface area contributed by atoms with Gasteiger partial charge in [-0.05, 0) is 108 Å². The summed E-state index contributed by atoms with van der Waals surface area (Å²) in [6, 6.07) is 8.65. The van der Waals surface area contributed by atoms with Crippen molar-refractivity contribution in [3.63, 3.8) is 0 Å². The van der Waals surface area contributed by atoms with E-state index in [-0.39, 0.29) is 92.0 Å². The molecule has 2 aromatic carbocycles. The maximum absolute atomic E-state index is 13.9. The molecule has 0 unspecified atom stereocenters. The van der Waals surface area contributed by atoms with Crippen molar-refractivity contribution in [3.05, 3.63) is 72.1 Å². The number of hydrogen-bond donors (Lipinski definition) is 6. The Morgan fingerprint density at radius 3 is 1.57 bits per heavy atom. The molecule has 10 atom stereocenters. The molecule has 0 saturated heterocycles. The Hall–Kier alpha value is -4.48. The van der Waals surface area contributed by atoms with Gasteiger partial charge in [0.25, 0.3) is 0 Å². The zero-order valence-electron chi connectivity index (χ0n) is 39.2. The van der Waals surface area contributed by atoms with Crippen LogP contribution >= 0.6 is 0 Å². The third-order valence-corrected chi connectivity index (χ3v) is 16.4. The Morgan fingerprint density at radius 2 is 1.14 bits per heavy atom. The van der Waals surface area contributed by atoms with Crippen LogP contribution in [-0.2, 0) is 4.74 Å². The molecule has 6 aliphatic rings. The van der Waals surface area contributed by atoms with E-state index in [9.17, 15) is 30.0 Å². The van der Waals surface area contributed by atoms with Crippen LogP contribution in [0.4, 0.5) is 0 Å². The van der Waals surface area contributed by atoms with Crippen LogP contribution in [-0.4, -0.2) is 69.3 Å². The fourth-order valence-corrected chi connectivity index (χ4v) is 13.3. The van der Waals surface area contributed by atoms with Gasteiger partial charge < -0.3 is 36.2 Å². The Bertz CT molecular complexity index is 2080. The Kier molecular flexibility index (Phi) is 14.4. The number of ketones is 2. The molecule has 7 N–H and O–H groups in total. The average Bonchev–Trinajstić information content (AvgIpc) is 3.93. The van der Waals surface area contributed by atoms with Gasteiger partial charge in [0, 0.05) is 84.7 Å². The summed E-state index contributed by atoms with van der Waals surface area (Å²) in [4.78, 5) is 35.7. The maximum atomic E-state index is 13.9. The monoisotopic (exact) mass is 867 g/mol. The van der Waals surface area contributed by atoms with Crippen LogP contribution in [0.2, 0.25) is 0 Å². The van der Waals surface area contributed by atoms with E-state index in [1.165, 1.54) is 49.2 Å². The third kappa shape index (κ3) is 10.1. The first-order chi connectivity index (χ1) is 29.6. The lowest BCUT2D eigenvalue weighted by molar-refractivity contribution is -0.0909. The number of carbonyl (C=O) groups is 2. The number of methoxy groups -OCH3 is 1. The molecule has 0 aromatic heterocycles. The number of allylic oxidation sites excluding steroid dienone is 1. The highest BCUT2D eigenvalue weighted by Crippen LogP contribution is 2.63. The van der Waals surface area contributed by atoms with Crippen LogP contribution in [0.25, 0.3) is 0 Å². The average molecular weight is 867 g/mol. The number of aliphatic imine (C=N–C) groups is 2. The molecule has 4 saturated carbocycles. The van der Waals surface area contributed by atoms with Gasteiger partial charge in [0.2, 0.25) is 0 Å². The highest BCUT2D eigenvalue weighted by molar-refractivity contribution is 6.00. The fraction of sp³-hybridized carbons (Fsp3) is 0.615. The van der Waals surface area contributed by atoms with Gasteiger partial charge in [-0.2, -0.15) is 0 Å². The molecule has 63 heavy (non-hydrogen) atoms. The molecule has 4 fully saturated rings. The number of carbonyl (C=O) groups excluding carboxylic acids is 2. The zero-order chi connectivity index (χ0) is 46.1. The number of phenolic OH excluding ortho intramolecular Hbond substituents is 4. The van der Waals surface area contributed by atoms with Crippen LogP contribution in [0.15, 0.2) is 70.9 Å². The van der Waals surface area contributed by atoms with Crippen molar-refractivity contribution < 1.29 is 34.8 Å². The molecule has 0 amide bonds. The summed E-state index contributed by atoms with van der Waals surface area (Å²) in [5.74, 6) is 1.21. The molecule has 4 aliphatic carbocycles. The number of Topliss-reactive ketones (excluding diaryl/α,β-unsaturated/α-hetero) is 2. The van der Waals surface area contributed by atoms with E-state index in [0.29, 0.717) is 23.0 Å². The molecule has 11 nitrogen and oxygen atoms in total. The lowest BCUT2D eigenvalue weighted by Crippen LogP contribution is -2.60. The smallest absolute Gasteiger partial charge is 0.191 e. The molecule has 0 spiro atoms. The topological polar surface area (TPSA) is 187 Å². The van der Waals surface area contributed by atoms with Crippen molar-refractivity contribution in [3.8, 4) is 23.0 Å². The predicted octanol–water partition coefficient (Wildman–Crippen LogP) is 10.1. The van der Waals surface area contributed by atoms with Crippen molar-refractivity contribution in [2.45, 2.75) is 132 Å². The van der Waals surface area contributed by atoms with Crippen molar-refractivity contribution >= 4 is 23.2 Å². The number of aromatic hydroxyl groups is 4. The first kappa shape index (κ1) is 48.0. The van der Waals surface area contributed by atoms with Crippen molar-refractivity contribution in [2.75, 3.05) is 13.7 Å². The Labute approximate surface area is 375 Å². The first-order valence-corrected chi connectivity index (χ1v) is 23.2. The van der Waals surface area contributed by atoms with Crippen LogP contribution < -0.4 is 11.1 Å². The summed E-state index contributed by atoms with van der Waals surface area (Å²) in [5.41, 5.74) is 8.54. The van der Waals surface area contributed by atoms with Gasteiger partial charge in [-0.15, -0.1) is 0 Å². The van der Waals surface area contributed by atoms with Crippen LogP contribution in [0.3, 0.4) is 0 Å². The molecule has 2 aromatic rings. The SMILES string of the molecule is COC1=NC=CC1.C[C@@H]1[C@H](N)C[C@H]2C(C)(C)CCC[C@]2(C)[C@H]1C(=O)c1cc(O)cc(O)c1.C[C@@H]1[C@H](NCC2=NC=CC2)C[C@H]2C(C)(C)CCC[C@]2(C)[C@H]1C(=O)c1cc(O)cc(O)c1. The van der Waals surface area contributed by atoms with Gasteiger partial charge >= 0.3 is 0 Å². The van der Waals surface area contributed by atoms with Gasteiger partial charge in [0.05, 0.1) is 7.11 Å². The van der Waals surface area contributed by atoms with E-state index < -0.39 is 0 Å². The standard InChI is InChI=1S/C26H36N2O3.C21H31NO3.C5H7NO/c1-16-21(28-15-18-7-5-10-27-18)14-22-25(2,3)8-6-9-26(22,4)23(16)24(31)17-11-19(29)13-20(30)12-17;1-12-16(22)11-17-20(2,3)6-5-7-21(17,4)18(12)19(25)13-8-14(23)10-15(24)9-13;1-7-5-3-2-4-6-5/h5,10-13,16,21-23,28-30H,6-9,14-15H2,1-4H3;8-10,12,16-18,23-24H,5-7,11,22H2,1-4H3;2,4H,3H2,1H3/t16-,21-,22+,23-,26+;12-,16-,17+,18-,21+;/m11./s1. The summed E-state index contributed by atoms with van der Waals surface area (Å²) in [6.07, 6.45) is 18.1. The number of nitrogens with one attached hydrogen (secondary N) is 1. The van der Waals surface area contributed by atoms with Crippen LogP contribution in [0, 0.1) is 57.2 Å². The summed E-state index contributed by atoms with van der Waals surface area (Å²) >= 11 is 0. The third-order valence-electron chi connectivity index (χ3n) is 16.4. The van der Waals surface area contributed by atoms with Gasteiger partial charge in [0.1, 0.15) is 23.0 Å². The lowest BCUT2D eigenvalue weighted by Gasteiger charge is -2.60. The zero-order valence-corrected chi connectivity index (χ0v) is 39.2. The van der Waals surface area contributed by atoms with Crippen LogP contribution in [0.1, 0.15) is 140 Å². The van der Waals surface area contributed by atoms with E-state index in [1.54, 1.807) is 13.3 Å². The normalized spacial score (nSPS) is 33.6. The van der Waals surface area contributed by atoms with Crippen LogP contribution in [0.5, 0.6) is 23.0 Å². The molecule has 2 aliphatic heterocycles. The summed E-state index contributed by atoms with van der Waals surface area (Å²) < 4.78 is 4.80. The first-order valence-electron chi connectivity index (χ1n) is 23.2. The number of nitrogens with two attached hydrogens (primary N) is 1. The second kappa shape index (κ2) is 18.9. The van der Waals surface area contributed by atoms with Gasteiger partial charge in [0.15, 0.2) is 17.5 Å². The minimum atomic E-state index is -0.193. The van der Waals surface area contributed by atoms with E-state index in [4.69, 9.17) is 10.5 Å². The molecular formula is C52H74N4O7. The summed E-state index contributed by atoms with van der Waals surface area (Å²) in [5, 5.41) is 43.3. The number of hydrogen-bond acceptors (Lipinski definition) is 11. The number of fused-ring (bicyclic) bond motifs is 2. The Balaban J connectivity index is 0.000000184. The maximum Gasteiger partial charge on any atom is 0.191 e. The highest BCUT2D eigenvalue weighted by atomic mass is 16.5. The number of ether oxygens (including phenoxy) is 1. The minimum absolute atomic E-state index is 0.000880. The second-order valence-electron chi connectivity index (χ2n) is 21.4. The molecule has 344 valence electrons. The fourth-order valence-electron chi connectivity index (χ4n) is 13.3. The van der Waals surface area contributed by atoms with E-state index >= 15 is 0 Å². The predicted molar refractivity (Wildman–Crippen MR) is 250 cm³/mol. The highest BCUT2D eigenvalue weighted by Gasteiger charge is 2.59. The van der Waals surface area contributed by atoms with E-state index in [1.807, 2.05) is 12.3 Å². The van der Waals surface area contributed by atoms with Crippen molar-refractivity contribution in [1.29, 1.82) is 0 Å².